The zero-order valence-corrected chi connectivity index (χ0v) is 18.5. The molecule has 1 aliphatic rings. The Kier molecular flexibility index (Phi) is 6.99. The Bertz CT molecular complexity index is 1260. The van der Waals surface area contributed by atoms with E-state index < -0.39 is 25.3 Å². The maximum absolute atomic E-state index is 13.4. The molecule has 0 aliphatic heterocycles. The molecule has 0 bridgehead atoms. The van der Waals surface area contributed by atoms with Crippen LogP contribution in [0.5, 0.6) is 0 Å². The Morgan fingerprint density at radius 1 is 1.33 bits per heavy atom. The summed E-state index contributed by atoms with van der Waals surface area (Å²) in [5.41, 5.74) is 6.01. The average molecular weight is 479 g/mol. The van der Waals surface area contributed by atoms with Gasteiger partial charge in [0.2, 0.25) is 5.95 Å². The number of H-pyrrole nitrogens is 1. The van der Waals surface area contributed by atoms with Crippen molar-refractivity contribution in [3.63, 3.8) is 0 Å². The first kappa shape index (κ1) is 23.2. The number of halogens is 1. The Morgan fingerprint density at radius 3 is 2.91 bits per heavy atom. The summed E-state index contributed by atoms with van der Waals surface area (Å²) in [5.74, 6) is -0.685. The van der Waals surface area contributed by atoms with E-state index in [-0.39, 0.29) is 55.2 Å². The summed E-state index contributed by atoms with van der Waals surface area (Å²) in [6.07, 6.45) is 2.60. The molecule has 11 nitrogen and oxygen atoms in total. The molecule has 0 radical (unpaired) electrons. The molecule has 0 amide bonds. The molecular formula is C20H23FN5O6P. The van der Waals surface area contributed by atoms with Gasteiger partial charge in [0.15, 0.2) is 16.9 Å². The standard InChI is InChI=1S/C20H23FN5O6P/c21-15-3-1-2-13(8-15)9-31-33(29,32-10-16(27)14-4-5-14)12-30-7-6-26-11-23-17-18(26)24-20(22)25-19(17)28/h1-3,8,11,14H,4-7,9-10,12H2,(H3,22,24,25,28). The minimum atomic E-state index is -3.82. The molecule has 1 atom stereocenters. The summed E-state index contributed by atoms with van der Waals surface area (Å²) in [5, 5.41) is 0. The van der Waals surface area contributed by atoms with E-state index in [0.717, 1.165) is 12.8 Å². The van der Waals surface area contributed by atoms with Crippen LogP contribution in [0.3, 0.4) is 0 Å². The number of nitrogens with two attached hydrogens (primary N) is 1. The van der Waals surface area contributed by atoms with Gasteiger partial charge in [0, 0.05) is 12.5 Å². The van der Waals surface area contributed by atoms with Crippen molar-refractivity contribution < 1.29 is 27.5 Å². The first-order valence-electron chi connectivity index (χ1n) is 10.3. The van der Waals surface area contributed by atoms with Crippen LogP contribution in [0.2, 0.25) is 0 Å². The van der Waals surface area contributed by atoms with Crippen LogP contribution >= 0.6 is 7.60 Å². The third-order valence-electron chi connectivity index (χ3n) is 4.97. The monoisotopic (exact) mass is 479 g/mol. The highest BCUT2D eigenvalue weighted by molar-refractivity contribution is 7.53. The second kappa shape index (κ2) is 9.92. The predicted octanol–water partition coefficient (Wildman–Crippen LogP) is 2.22. The highest BCUT2D eigenvalue weighted by Gasteiger charge is 2.33. The van der Waals surface area contributed by atoms with E-state index >= 15 is 0 Å². The molecule has 33 heavy (non-hydrogen) atoms. The summed E-state index contributed by atoms with van der Waals surface area (Å²) in [4.78, 5) is 34.3. The fraction of sp³-hybridized carbons (Fsp3) is 0.400. The molecule has 1 unspecified atom stereocenters. The second-order valence-electron chi connectivity index (χ2n) is 7.63. The van der Waals surface area contributed by atoms with Gasteiger partial charge in [-0.25, -0.2) is 9.37 Å². The second-order valence-corrected chi connectivity index (χ2v) is 9.62. The fourth-order valence-corrected chi connectivity index (χ4v) is 4.32. The largest absolute Gasteiger partial charge is 0.369 e. The number of hydrogen-bond donors (Lipinski definition) is 2. The minimum absolute atomic E-state index is 0.0425. The molecule has 0 spiro atoms. The number of nitrogens with zero attached hydrogens (tertiary/aromatic N) is 3. The highest BCUT2D eigenvalue weighted by Crippen LogP contribution is 2.49. The summed E-state index contributed by atoms with van der Waals surface area (Å²) in [6, 6.07) is 5.67. The van der Waals surface area contributed by atoms with Crippen molar-refractivity contribution in [3.05, 3.63) is 52.3 Å². The molecule has 1 aliphatic carbocycles. The van der Waals surface area contributed by atoms with Crippen LogP contribution in [-0.4, -0.2) is 44.9 Å². The Balaban J connectivity index is 1.36. The Morgan fingerprint density at radius 2 is 2.15 bits per heavy atom. The fourth-order valence-electron chi connectivity index (χ4n) is 3.07. The predicted molar refractivity (Wildman–Crippen MR) is 116 cm³/mol. The number of ketones is 1. The number of benzene rings is 1. The van der Waals surface area contributed by atoms with Crippen molar-refractivity contribution in [2.45, 2.75) is 26.0 Å². The molecule has 2 aromatic heterocycles. The number of aromatic amines is 1. The van der Waals surface area contributed by atoms with Crippen LogP contribution in [-0.2, 0) is 36.3 Å². The van der Waals surface area contributed by atoms with Crippen molar-refractivity contribution in [1.82, 2.24) is 19.5 Å². The molecule has 1 saturated carbocycles. The Labute approximate surface area is 187 Å². The average Bonchev–Trinajstić information content (AvgIpc) is 3.55. The van der Waals surface area contributed by atoms with Crippen molar-refractivity contribution in [3.8, 4) is 0 Å². The molecule has 1 aromatic carbocycles. The van der Waals surface area contributed by atoms with Gasteiger partial charge >= 0.3 is 7.60 Å². The number of nitrogens with one attached hydrogen (secondary N) is 1. The normalized spacial score (nSPS) is 15.5. The van der Waals surface area contributed by atoms with E-state index in [2.05, 4.69) is 15.0 Å². The van der Waals surface area contributed by atoms with Gasteiger partial charge in [0.1, 0.15) is 18.8 Å². The van der Waals surface area contributed by atoms with E-state index in [1.54, 1.807) is 10.6 Å². The summed E-state index contributed by atoms with van der Waals surface area (Å²) in [6.45, 7) is -0.217. The number of ether oxygens (including phenoxy) is 1. The van der Waals surface area contributed by atoms with Gasteiger partial charge in [0.25, 0.3) is 5.56 Å². The number of hydrogen-bond acceptors (Lipinski definition) is 9. The number of nitrogen functional groups attached to an aromatic ring is 1. The molecule has 13 heteroatoms. The SMILES string of the molecule is Nc1nc2c(ncn2CCOCP(=O)(OCC(=O)C2CC2)OCc2cccc(F)c2)c(=O)[nH]1. The quantitative estimate of drug-likeness (QED) is 0.294. The van der Waals surface area contributed by atoms with Gasteiger partial charge in [-0.2, -0.15) is 4.98 Å². The van der Waals surface area contributed by atoms with E-state index in [9.17, 15) is 18.5 Å². The molecule has 3 N–H and O–H groups in total. The molecule has 0 saturated heterocycles. The van der Waals surface area contributed by atoms with Crippen LogP contribution in [0.25, 0.3) is 11.2 Å². The third kappa shape index (κ3) is 6.11. The van der Waals surface area contributed by atoms with Gasteiger partial charge in [-0.05, 0) is 30.5 Å². The summed E-state index contributed by atoms with van der Waals surface area (Å²) in [7, 11) is -3.82. The summed E-state index contributed by atoms with van der Waals surface area (Å²) < 4.78 is 44.5. The lowest BCUT2D eigenvalue weighted by Gasteiger charge is -2.18. The lowest BCUT2D eigenvalue weighted by Crippen LogP contribution is -2.14. The van der Waals surface area contributed by atoms with E-state index in [0.29, 0.717) is 5.56 Å². The van der Waals surface area contributed by atoms with E-state index in [1.807, 2.05) is 0 Å². The lowest BCUT2D eigenvalue weighted by atomic mass is 10.2. The number of anilines is 1. The number of carbonyl (C=O) groups excluding carboxylic acids is 1. The molecule has 2 heterocycles. The molecule has 4 rings (SSSR count). The molecule has 176 valence electrons. The first-order valence-corrected chi connectivity index (χ1v) is 12.0. The number of fused-ring (bicyclic) bond motifs is 1. The van der Waals surface area contributed by atoms with Gasteiger partial charge in [0.05, 0.1) is 19.5 Å². The smallest absolute Gasteiger partial charge is 0.356 e. The summed E-state index contributed by atoms with van der Waals surface area (Å²) >= 11 is 0. The van der Waals surface area contributed by atoms with Gasteiger partial charge in [-0.15, -0.1) is 0 Å². The van der Waals surface area contributed by atoms with Crippen LogP contribution in [0.1, 0.15) is 18.4 Å². The first-order chi connectivity index (χ1) is 15.8. The van der Waals surface area contributed by atoms with E-state index in [1.165, 1.54) is 24.5 Å². The number of aromatic nitrogens is 4. The van der Waals surface area contributed by atoms with Crippen LogP contribution < -0.4 is 11.3 Å². The lowest BCUT2D eigenvalue weighted by molar-refractivity contribution is -0.122. The van der Waals surface area contributed by atoms with Gasteiger partial charge < -0.3 is 19.6 Å². The zero-order chi connectivity index (χ0) is 23.4. The van der Waals surface area contributed by atoms with Crippen LogP contribution in [0, 0.1) is 11.7 Å². The minimum Gasteiger partial charge on any atom is -0.369 e. The van der Waals surface area contributed by atoms with Crippen molar-refractivity contribution in [2.24, 2.45) is 5.92 Å². The molecule has 1 fully saturated rings. The Hall–Kier alpha value is -2.92. The number of rotatable bonds is 12. The van der Waals surface area contributed by atoms with Crippen molar-refractivity contribution in [2.75, 3.05) is 25.3 Å². The van der Waals surface area contributed by atoms with Crippen LogP contribution in [0.4, 0.5) is 10.3 Å². The topological polar surface area (TPSA) is 151 Å². The van der Waals surface area contributed by atoms with Gasteiger partial charge in [-0.1, -0.05) is 12.1 Å². The molecular weight excluding hydrogens is 456 g/mol. The zero-order valence-electron chi connectivity index (χ0n) is 17.6. The van der Waals surface area contributed by atoms with E-state index in [4.69, 9.17) is 19.5 Å². The van der Waals surface area contributed by atoms with Crippen molar-refractivity contribution >= 4 is 30.5 Å². The van der Waals surface area contributed by atoms with Gasteiger partial charge in [-0.3, -0.25) is 23.7 Å². The van der Waals surface area contributed by atoms with Crippen molar-refractivity contribution in [1.29, 1.82) is 0 Å². The molecule has 3 aromatic rings. The maximum atomic E-state index is 13.4. The number of Topliss-reactive ketones (excluding diaryl/α,β-unsaturated/α-hetero) is 1. The third-order valence-corrected chi connectivity index (χ3v) is 6.52. The highest BCUT2D eigenvalue weighted by atomic mass is 31.2. The van der Waals surface area contributed by atoms with Crippen LogP contribution in [0.15, 0.2) is 35.4 Å². The number of carbonyl (C=O) groups is 1. The number of imidazole rings is 1. The maximum Gasteiger partial charge on any atom is 0.356 e.